The van der Waals surface area contributed by atoms with Gasteiger partial charge >= 0.3 is 0 Å². The molecule has 1 aliphatic heterocycles. The number of nitrogens with one attached hydrogen (secondary N) is 2. The molecule has 0 bridgehead atoms. The minimum absolute atomic E-state index is 0.0730. The van der Waals surface area contributed by atoms with Crippen LogP contribution < -0.4 is 15.5 Å². The van der Waals surface area contributed by atoms with Crippen LogP contribution in [0.3, 0.4) is 0 Å². The fraction of sp³-hybridized carbons (Fsp3) is 0.286. The second-order valence-corrected chi connectivity index (χ2v) is 7.89. The maximum absolute atomic E-state index is 13.3. The minimum Gasteiger partial charge on any atom is -0.497 e. The van der Waals surface area contributed by atoms with Crippen molar-refractivity contribution in [1.82, 2.24) is 14.9 Å². The molecule has 2 N–H and O–H groups in total. The molecule has 0 radical (unpaired) electrons. The molecular formula is C21H23N5O2S. The van der Waals surface area contributed by atoms with Crippen LogP contribution in [0, 0.1) is 6.92 Å². The van der Waals surface area contributed by atoms with Gasteiger partial charge in [-0.1, -0.05) is 49.0 Å². The fourth-order valence-electron chi connectivity index (χ4n) is 3.38. The number of methoxy groups -OCH3 is 1. The van der Waals surface area contributed by atoms with Crippen LogP contribution in [0.4, 0.5) is 5.69 Å². The third kappa shape index (κ3) is 3.80. The molecule has 4 rings (SSSR count). The summed E-state index contributed by atoms with van der Waals surface area (Å²) >= 11 is 1.42. The van der Waals surface area contributed by atoms with Crippen molar-refractivity contribution in [1.29, 1.82) is 0 Å². The zero-order chi connectivity index (χ0) is 20.4. The van der Waals surface area contributed by atoms with Crippen LogP contribution in [0.1, 0.15) is 29.9 Å². The third-order valence-electron chi connectivity index (χ3n) is 4.99. The molecule has 2 heterocycles. The highest BCUT2D eigenvalue weighted by Crippen LogP contribution is 2.38. The second-order valence-electron chi connectivity index (χ2n) is 6.78. The van der Waals surface area contributed by atoms with Gasteiger partial charge in [0, 0.05) is 5.69 Å². The quantitative estimate of drug-likeness (QED) is 0.671. The number of anilines is 1. The number of hydrogen-bond donors (Lipinski definition) is 2. The van der Waals surface area contributed by atoms with Gasteiger partial charge in [-0.2, -0.15) is 0 Å². The van der Waals surface area contributed by atoms with Gasteiger partial charge in [0.2, 0.25) is 11.1 Å². The highest BCUT2D eigenvalue weighted by molar-refractivity contribution is 8.00. The van der Waals surface area contributed by atoms with E-state index in [1.165, 1.54) is 11.8 Å². The summed E-state index contributed by atoms with van der Waals surface area (Å²) in [5.41, 5.74) is 6.35. The first-order valence-corrected chi connectivity index (χ1v) is 10.4. The number of carbonyl (C=O) groups is 1. The number of hydrogen-bond acceptors (Lipinski definition) is 6. The molecule has 0 spiro atoms. The van der Waals surface area contributed by atoms with Gasteiger partial charge in [0.15, 0.2) is 0 Å². The Labute approximate surface area is 173 Å². The summed E-state index contributed by atoms with van der Waals surface area (Å²) in [4.78, 5) is 13.3. The molecule has 7 nitrogen and oxygen atoms in total. The number of thioether (sulfide) groups is 1. The first-order chi connectivity index (χ1) is 14.1. The Morgan fingerprint density at radius 3 is 2.69 bits per heavy atom. The van der Waals surface area contributed by atoms with E-state index < -0.39 is 5.25 Å². The Morgan fingerprint density at radius 2 is 1.97 bits per heavy atom. The average molecular weight is 410 g/mol. The van der Waals surface area contributed by atoms with Crippen molar-refractivity contribution in [2.45, 2.75) is 36.7 Å². The van der Waals surface area contributed by atoms with E-state index >= 15 is 0 Å². The Hall–Kier alpha value is -3.00. The lowest BCUT2D eigenvalue weighted by molar-refractivity contribution is -0.116. The van der Waals surface area contributed by atoms with Gasteiger partial charge in [-0.25, -0.2) is 4.68 Å². The van der Waals surface area contributed by atoms with Gasteiger partial charge in [-0.3, -0.25) is 4.79 Å². The standard InChI is InChI=1S/C21H23N5O2S/c1-4-14-7-5-6-8-17(14)22-20(27)19-18(15-9-11-16(28-3)12-10-15)25-26-13(2)23-24-21(26)29-19/h5-12,18-19,25H,4H2,1-3H3,(H,22,27)/t18-,19+/m0/s1. The number of carbonyl (C=O) groups excluding carboxylic acids is 1. The normalized spacial score (nSPS) is 17.9. The molecule has 29 heavy (non-hydrogen) atoms. The van der Waals surface area contributed by atoms with Gasteiger partial charge in [0.05, 0.1) is 13.2 Å². The number of fused-ring (bicyclic) bond motifs is 1. The molecular weight excluding hydrogens is 386 g/mol. The number of aromatic nitrogens is 3. The van der Waals surface area contributed by atoms with E-state index in [-0.39, 0.29) is 11.9 Å². The molecule has 150 valence electrons. The zero-order valence-corrected chi connectivity index (χ0v) is 17.4. The van der Waals surface area contributed by atoms with Crippen molar-refractivity contribution in [3.05, 3.63) is 65.5 Å². The summed E-state index contributed by atoms with van der Waals surface area (Å²) in [6.45, 7) is 3.96. The Morgan fingerprint density at radius 1 is 1.21 bits per heavy atom. The van der Waals surface area contributed by atoms with Crippen LogP contribution in [0.5, 0.6) is 5.75 Å². The Kier molecular flexibility index (Phi) is 5.44. The number of amides is 1. The lowest BCUT2D eigenvalue weighted by Crippen LogP contribution is -2.41. The van der Waals surface area contributed by atoms with E-state index in [2.05, 4.69) is 27.9 Å². The van der Waals surface area contributed by atoms with Gasteiger partial charge in [-0.15, -0.1) is 10.2 Å². The van der Waals surface area contributed by atoms with Crippen molar-refractivity contribution >= 4 is 23.4 Å². The first-order valence-electron chi connectivity index (χ1n) is 9.48. The van der Waals surface area contributed by atoms with E-state index in [1.807, 2.05) is 60.1 Å². The molecule has 1 aliphatic rings. The van der Waals surface area contributed by atoms with E-state index in [4.69, 9.17) is 4.74 Å². The molecule has 0 saturated heterocycles. The van der Waals surface area contributed by atoms with Crippen LogP contribution in [-0.2, 0) is 11.2 Å². The second kappa shape index (κ2) is 8.16. The van der Waals surface area contributed by atoms with Crippen molar-refractivity contribution in [2.24, 2.45) is 0 Å². The van der Waals surface area contributed by atoms with Gasteiger partial charge < -0.3 is 15.5 Å². The van der Waals surface area contributed by atoms with Crippen molar-refractivity contribution in [3.63, 3.8) is 0 Å². The monoisotopic (exact) mass is 409 g/mol. The molecule has 1 amide bonds. The smallest absolute Gasteiger partial charge is 0.240 e. The van der Waals surface area contributed by atoms with Gasteiger partial charge in [-0.05, 0) is 42.7 Å². The number of nitrogens with zero attached hydrogens (tertiary/aromatic N) is 3. The van der Waals surface area contributed by atoms with Crippen LogP contribution in [0.15, 0.2) is 53.7 Å². The SMILES string of the molecule is CCc1ccccc1NC(=O)[C@@H]1Sc2nnc(C)n2N[C@H]1c1ccc(OC)cc1. The molecule has 0 aliphatic carbocycles. The fourth-order valence-corrected chi connectivity index (χ4v) is 4.50. The largest absolute Gasteiger partial charge is 0.497 e. The van der Waals surface area contributed by atoms with Crippen LogP contribution in [0.25, 0.3) is 0 Å². The summed E-state index contributed by atoms with van der Waals surface area (Å²) in [6, 6.07) is 15.4. The first kappa shape index (κ1) is 19.3. The predicted octanol–water partition coefficient (Wildman–Crippen LogP) is 3.56. The van der Waals surface area contributed by atoms with Crippen molar-refractivity contribution in [2.75, 3.05) is 17.9 Å². The number of ether oxygens (including phenoxy) is 1. The average Bonchev–Trinajstić information content (AvgIpc) is 3.13. The highest BCUT2D eigenvalue weighted by atomic mass is 32.2. The van der Waals surface area contributed by atoms with Crippen molar-refractivity contribution < 1.29 is 9.53 Å². The molecule has 3 aromatic rings. The van der Waals surface area contributed by atoms with Crippen LogP contribution >= 0.6 is 11.8 Å². The van der Waals surface area contributed by atoms with Crippen LogP contribution in [-0.4, -0.2) is 33.1 Å². The van der Waals surface area contributed by atoms with E-state index in [0.29, 0.717) is 5.16 Å². The van der Waals surface area contributed by atoms with Gasteiger partial charge in [0.25, 0.3) is 0 Å². The Balaban J connectivity index is 1.66. The Bertz CT molecular complexity index is 1020. The summed E-state index contributed by atoms with van der Waals surface area (Å²) in [5.74, 6) is 1.45. The maximum Gasteiger partial charge on any atom is 0.240 e. The maximum atomic E-state index is 13.3. The molecule has 0 saturated carbocycles. The number of aryl methyl sites for hydroxylation is 2. The minimum atomic E-state index is -0.413. The van der Waals surface area contributed by atoms with E-state index in [1.54, 1.807) is 7.11 Å². The van der Waals surface area contributed by atoms with E-state index in [9.17, 15) is 4.79 Å². The molecule has 1 aromatic heterocycles. The third-order valence-corrected chi connectivity index (χ3v) is 6.20. The molecule has 2 aromatic carbocycles. The lowest BCUT2D eigenvalue weighted by atomic mass is 10.0. The number of benzene rings is 2. The topological polar surface area (TPSA) is 81.1 Å². The summed E-state index contributed by atoms with van der Waals surface area (Å²) < 4.78 is 7.10. The predicted molar refractivity (Wildman–Crippen MR) is 114 cm³/mol. The summed E-state index contributed by atoms with van der Waals surface area (Å²) in [7, 11) is 1.64. The molecule has 2 atom stereocenters. The highest BCUT2D eigenvalue weighted by Gasteiger charge is 2.37. The van der Waals surface area contributed by atoms with E-state index in [0.717, 1.165) is 34.8 Å². The molecule has 0 unspecified atom stereocenters. The summed E-state index contributed by atoms with van der Waals surface area (Å²) in [6.07, 6.45) is 0.849. The van der Waals surface area contributed by atoms with Gasteiger partial charge in [0.1, 0.15) is 16.8 Å². The molecule has 0 fully saturated rings. The zero-order valence-electron chi connectivity index (χ0n) is 16.5. The lowest BCUT2D eigenvalue weighted by Gasteiger charge is -2.33. The number of para-hydroxylation sites is 1. The number of rotatable bonds is 5. The van der Waals surface area contributed by atoms with Crippen molar-refractivity contribution in [3.8, 4) is 5.75 Å². The van der Waals surface area contributed by atoms with Crippen LogP contribution in [0.2, 0.25) is 0 Å². The molecule has 8 heteroatoms. The summed E-state index contributed by atoms with van der Waals surface area (Å²) in [5, 5.41) is 11.7.